The zero-order chi connectivity index (χ0) is 13.7. The second-order valence-electron chi connectivity index (χ2n) is 6.22. The van der Waals surface area contributed by atoms with E-state index in [-0.39, 0.29) is 5.91 Å². The topological polar surface area (TPSA) is 80.0 Å². The Labute approximate surface area is 118 Å². The van der Waals surface area contributed by atoms with Crippen molar-refractivity contribution in [3.05, 3.63) is 22.9 Å². The van der Waals surface area contributed by atoms with Gasteiger partial charge in [0.25, 0.3) is 5.91 Å². The summed E-state index contributed by atoms with van der Waals surface area (Å²) in [5.41, 5.74) is 8.44. The highest BCUT2D eigenvalue weighted by Gasteiger charge is 2.53. The Bertz CT molecular complexity index is 561. The van der Waals surface area contributed by atoms with Crippen molar-refractivity contribution >= 4 is 11.7 Å². The molecule has 3 aliphatic rings. The number of pyridine rings is 1. The predicted octanol–water partition coefficient (Wildman–Crippen LogP) is 0.689. The van der Waals surface area contributed by atoms with Gasteiger partial charge in [0.05, 0.1) is 5.56 Å². The number of fused-ring (bicyclic) bond motifs is 2. The van der Waals surface area contributed by atoms with Crippen molar-refractivity contribution in [1.29, 1.82) is 0 Å². The summed E-state index contributed by atoms with van der Waals surface area (Å²) >= 11 is 0. The van der Waals surface area contributed by atoms with Crippen LogP contribution in [0.15, 0.2) is 6.07 Å². The van der Waals surface area contributed by atoms with Crippen molar-refractivity contribution in [2.75, 3.05) is 18.4 Å². The fraction of sp³-hybridized carbons (Fsp3) is 0.600. The number of nitrogens with two attached hydrogens (primary N) is 1. The highest BCUT2D eigenvalue weighted by Crippen LogP contribution is 2.44. The summed E-state index contributed by atoms with van der Waals surface area (Å²) in [5, 5.41) is 6.84. The second kappa shape index (κ2) is 4.45. The van der Waals surface area contributed by atoms with Crippen LogP contribution in [-0.4, -0.2) is 30.0 Å². The molecule has 2 unspecified atom stereocenters. The fourth-order valence-corrected chi connectivity index (χ4v) is 3.72. The lowest BCUT2D eigenvalue weighted by atomic mass is 9.94. The van der Waals surface area contributed by atoms with E-state index >= 15 is 0 Å². The van der Waals surface area contributed by atoms with Gasteiger partial charge in [-0.2, -0.15) is 0 Å². The van der Waals surface area contributed by atoms with Crippen molar-refractivity contribution in [1.82, 2.24) is 10.3 Å². The molecular formula is C15H20N4O. The van der Waals surface area contributed by atoms with Crippen molar-refractivity contribution < 1.29 is 4.79 Å². The Balaban J connectivity index is 1.64. The summed E-state index contributed by atoms with van der Waals surface area (Å²) in [6.07, 6.45) is 4.40. The lowest BCUT2D eigenvalue weighted by Crippen LogP contribution is -2.24. The van der Waals surface area contributed by atoms with E-state index in [0.717, 1.165) is 31.6 Å². The smallest absolute Gasteiger partial charge is 0.252 e. The molecule has 1 saturated heterocycles. The fourth-order valence-electron chi connectivity index (χ4n) is 3.72. The summed E-state index contributed by atoms with van der Waals surface area (Å²) < 4.78 is 0. The third kappa shape index (κ3) is 1.88. The Hall–Kier alpha value is -1.62. The van der Waals surface area contributed by atoms with E-state index in [9.17, 15) is 4.79 Å². The number of primary amides is 1. The second-order valence-corrected chi connectivity index (χ2v) is 6.22. The number of aromatic nitrogens is 1. The summed E-state index contributed by atoms with van der Waals surface area (Å²) in [6, 6.07) is 2.42. The molecule has 4 N–H and O–H groups in total. The Morgan fingerprint density at radius 1 is 1.30 bits per heavy atom. The van der Waals surface area contributed by atoms with Crippen LogP contribution in [0.1, 0.15) is 34.5 Å². The third-order valence-electron chi connectivity index (χ3n) is 4.96. The van der Waals surface area contributed by atoms with Crippen LogP contribution in [0.25, 0.3) is 0 Å². The minimum Gasteiger partial charge on any atom is -0.366 e. The zero-order valence-corrected chi connectivity index (χ0v) is 11.5. The van der Waals surface area contributed by atoms with Gasteiger partial charge in [-0.1, -0.05) is 0 Å². The van der Waals surface area contributed by atoms with E-state index in [4.69, 9.17) is 10.7 Å². The first kappa shape index (κ1) is 12.1. The van der Waals surface area contributed by atoms with Crippen LogP contribution in [0.4, 0.5) is 5.82 Å². The molecule has 2 aliphatic carbocycles. The van der Waals surface area contributed by atoms with E-state index in [1.807, 2.05) is 6.07 Å². The number of anilines is 1. The first-order valence-electron chi connectivity index (χ1n) is 7.54. The molecular weight excluding hydrogens is 252 g/mol. The lowest BCUT2D eigenvalue weighted by Gasteiger charge is -2.19. The molecule has 5 nitrogen and oxygen atoms in total. The van der Waals surface area contributed by atoms with Crippen LogP contribution >= 0.6 is 0 Å². The molecule has 2 fully saturated rings. The van der Waals surface area contributed by atoms with Gasteiger partial charge < -0.3 is 16.4 Å². The number of carbonyl (C=O) groups is 1. The molecule has 5 heteroatoms. The van der Waals surface area contributed by atoms with Crippen LogP contribution in [0.3, 0.4) is 0 Å². The first-order chi connectivity index (χ1) is 9.74. The number of amides is 1. The molecule has 2 heterocycles. The van der Waals surface area contributed by atoms with Gasteiger partial charge >= 0.3 is 0 Å². The number of carbonyl (C=O) groups excluding carboxylic acids is 1. The maximum Gasteiger partial charge on any atom is 0.252 e. The van der Waals surface area contributed by atoms with E-state index in [1.165, 1.54) is 18.4 Å². The molecule has 106 valence electrons. The standard InChI is InChI=1S/C15H20N4O/c16-14(20)9-5-8-3-1-2-4-12(8)18-15(9)19-13-10-6-17-7-11(10)13/h5,10-11,13,17H,1-4,6-7H2,(H2,16,20)(H,18,19). The van der Waals surface area contributed by atoms with Crippen LogP contribution < -0.4 is 16.4 Å². The molecule has 0 aromatic carbocycles. The van der Waals surface area contributed by atoms with Gasteiger partial charge in [0, 0.05) is 24.8 Å². The third-order valence-corrected chi connectivity index (χ3v) is 4.96. The van der Waals surface area contributed by atoms with Crippen LogP contribution in [0, 0.1) is 11.8 Å². The van der Waals surface area contributed by atoms with E-state index < -0.39 is 0 Å². The summed E-state index contributed by atoms with van der Waals surface area (Å²) in [5.74, 6) is 1.71. The Morgan fingerprint density at radius 2 is 2.05 bits per heavy atom. The van der Waals surface area contributed by atoms with Gasteiger partial charge in [-0.15, -0.1) is 0 Å². The SMILES string of the molecule is NC(=O)c1cc2c(nc1NC1C3CNCC31)CCCC2. The quantitative estimate of drug-likeness (QED) is 0.756. The number of hydrogen-bond acceptors (Lipinski definition) is 4. The largest absolute Gasteiger partial charge is 0.366 e. The molecule has 1 aromatic rings. The van der Waals surface area contributed by atoms with Gasteiger partial charge in [-0.3, -0.25) is 4.79 Å². The molecule has 0 bridgehead atoms. The van der Waals surface area contributed by atoms with Crippen LogP contribution in [-0.2, 0) is 12.8 Å². The Morgan fingerprint density at radius 3 is 2.80 bits per heavy atom. The van der Waals surface area contributed by atoms with Gasteiger partial charge in [0.1, 0.15) is 5.82 Å². The minimum absolute atomic E-state index is 0.377. The van der Waals surface area contributed by atoms with Gasteiger partial charge in [-0.25, -0.2) is 4.98 Å². The maximum atomic E-state index is 11.7. The molecule has 0 radical (unpaired) electrons. The van der Waals surface area contributed by atoms with Crippen molar-refractivity contribution in [2.24, 2.45) is 17.6 Å². The highest BCUT2D eigenvalue weighted by atomic mass is 16.1. The van der Waals surface area contributed by atoms with Gasteiger partial charge in [-0.05, 0) is 49.1 Å². The Kier molecular flexibility index (Phi) is 2.70. The number of aryl methyl sites for hydroxylation is 2. The molecule has 4 rings (SSSR count). The molecule has 1 aromatic heterocycles. The monoisotopic (exact) mass is 272 g/mol. The number of piperidine rings is 1. The van der Waals surface area contributed by atoms with E-state index in [2.05, 4.69) is 10.6 Å². The normalized spacial score (nSPS) is 30.5. The molecule has 1 amide bonds. The average molecular weight is 272 g/mol. The average Bonchev–Trinajstić information content (AvgIpc) is 2.88. The maximum absolute atomic E-state index is 11.7. The van der Waals surface area contributed by atoms with E-state index in [1.54, 1.807) is 0 Å². The van der Waals surface area contributed by atoms with Crippen molar-refractivity contribution in [2.45, 2.75) is 31.7 Å². The number of nitrogens with zero attached hydrogens (tertiary/aromatic N) is 1. The lowest BCUT2D eigenvalue weighted by molar-refractivity contribution is 0.100. The first-order valence-corrected chi connectivity index (χ1v) is 7.54. The number of hydrogen-bond donors (Lipinski definition) is 3. The molecule has 20 heavy (non-hydrogen) atoms. The number of rotatable bonds is 3. The van der Waals surface area contributed by atoms with Crippen molar-refractivity contribution in [3.63, 3.8) is 0 Å². The summed E-state index contributed by atoms with van der Waals surface area (Å²) in [7, 11) is 0. The molecule has 1 aliphatic heterocycles. The van der Waals surface area contributed by atoms with E-state index in [0.29, 0.717) is 29.3 Å². The summed E-state index contributed by atoms with van der Waals surface area (Å²) in [6.45, 7) is 2.14. The van der Waals surface area contributed by atoms with Crippen LogP contribution in [0.2, 0.25) is 0 Å². The molecule has 0 spiro atoms. The predicted molar refractivity (Wildman–Crippen MR) is 76.7 cm³/mol. The van der Waals surface area contributed by atoms with Gasteiger partial charge in [0.15, 0.2) is 0 Å². The highest BCUT2D eigenvalue weighted by molar-refractivity contribution is 5.98. The minimum atomic E-state index is -0.377. The molecule has 2 atom stereocenters. The summed E-state index contributed by atoms with van der Waals surface area (Å²) in [4.78, 5) is 16.4. The van der Waals surface area contributed by atoms with Crippen molar-refractivity contribution in [3.8, 4) is 0 Å². The molecule has 1 saturated carbocycles. The van der Waals surface area contributed by atoms with Gasteiger partial charge in [0.2, 0.25) is 0 Å². The zero-order valence-electron chi connectivity index (χ0n) is 11.5. The van der Waals surface area contributed by atoms with Crippen LogP contribution in [0.5, 0.6) is 0 Å². The number of nitrogens with one attached hydrogen (secondary N) is 2.